The van der Waals surface area contributed by atoms with Crippen molar-refractivity contribution in [3.63, 3.8) is 0 Å². The van der Waals surface area contributed by atoms with E-state index in [1.807, 2.05) is 0 Å². The number of alkyl halides is 5. The lowest BCUT2D eigenvalue weighted by Gasteiger charge is -2.25. The highest BCUT2D eigenvalue weighted by atomic mass is 35.6. The maximum absolute atomic E-state index is 12.1. The van der Waals surface area contributed by atoms with Crippen LogP contribution in [0.4, 0.5) is 4.79 Å². The number of carbonyl (C=O) groups excluding carboxylic acids is 1. The second-order valence-corrected chi connectivity index (χ2v) is 7.25. The van der Waals surface area contributed by atoms with Gasteiger partial charge in [-0.25, -0.2) is 4.79 Å². The third-order valence-electron chi connectivity index (χ3n) is 2.35. The molecule has 108 valence electrons. The highest BCUT2D eigenvalue weighted by Crippen LogP contribution is 2.52. The molecular formula is C8H5Cl5N6O. The summed E-state index contributed by atoms with van der Waals surface area (Å²) < 4.78 is -2.16. The first-order chi connectivity index (χ1) is 9.16. The van der Waals surface area contributed by atoms with Crippen molar-refractivity contribution in [2.75, 3.05) is 0 Å². The normalized spacial score (nSPS) is 12.7. The average Bonchev–Trinajstić information content (AvgIpc) is 2.95. The fraction of sp³-hybridized carbons (Fsp3) is 0.375. The molecule has 0 radical (unpaired) electrons. The molecule has 0 bridgehead atoms. The van der Waals surface area contributed by atoms with Crippen molar-refractivity contribution in [3.05, 3.63) is 23.8 Å². The second-order valence-electron chi connectivity index (χ2n) is 3.64. The van der Waals surface area contributed by atoms with Crippen molar-refractivity contribution in [2.24, 2.45) is 0 Å². The predicted octanol–water partition coefficient (Wildman–Crippen LogP) is 2.70. The maximum Gasteiger partial charge on any atom is 0.372 e. The lowest BCUT2D eigenvalue weighted by molar-refractivity contribution is 0.236. The molecule has 2 aromatic heterocycles. The predicted molar refractivity (Wildman–Crippen MR) is 74.6 cm³/mol. The van der Waals surface area contributed by atoms with E-state index in [1.54, 1.807) is 0 Å². The van der Waals surface area contributed by atoms with Gasteiger partial charge in [-0.3, -0.25) is 0 Å². The number of carbonyl (C=O) groups is 1. The van der Waals surface area contributed by atoms with E-state index in [2.05, 4.69) is 20.6 Å². The quantitative estimate of drug-likeness (QED) is 0.713. The van der Waals surface area contributed by atoms with Gasteiger partial charge in [-0.2, -0.15) is 9.36 Å². The van der Waals surface area contributed by atoms with Crippen molar-refractivity contribution in [1.82, 2.24) is 30.0 Å². The monoisotopic (exact) mass is 376 g/mol. The average molecular weight is 378 g/mol. The number of hydrogen-bond acceptors (Lipinski definition) is 5. The van der Waals surface area contributed by atoms with Gasteiger partial charge in [-0.1, -0.05) is 68.4 Å². The van der Waals surface area contributed by atoms with Crippen molar-refractivity contribution < 1.29 is 4.79 Å². The fourth-order valence-corrected chi connectivity index (χ4v) is 1.96. The summed E-state index contributed by atoms with van der Waals surface area (Å²) in [5, 5.41) is 14.4. The lowest BCUT2D eigenvalue weighted by atomic mass is 10.2. The molecule has 0 aromatic carbocycles. The molecule has 0 saturated heterocycles. The highest BCUT2D eigenvalue weighted by Gasteiger charge is 2.51. The van der Waals surface area contributed by atoms with Gasteiger partial charge >= 0.3 is 6.03 Å². The summed E-state index contributed by atoms with van der Waals surface area (Å²) >= 11 is 29.1. The van der Waals surface area contributed by atoms with E-state index in [0.29, 0.717) is 0 Å². The molecule has 0 aliphatic rings. The molecule has 0 aliphatic heterocycles. The number of halogens is 5. The Morgan fingerprint density at radius 1 is 1.20 bits per heavy atom. The Bertz CT molecular complexity index is 630. The van der Waals surface area contributed by atoms with Crippen LogP contribution in [0.5, 0.6) is 0 Å². The Balaban J connectivity index is 2.45. The van der Waals surface area contributed by atoms with Crippen molar-refractivity contribution in [3.8, 4) is 0 Å². The lowest BCUT2D eigenvalue weighted by Crippen LogP contribution is -2.30. The Morgan fingerprint density at radius 3 is 2.35 bits per heavy atom. The van der Waals surface area contributed by atoms with Crippen LogP contribution in [0.3, 0.4) is 0 Å². The largest absolute Gasteiger partial charge is 0.372 e. The van der Waals surface area contributed by atoms with Gasteiger partial charge in [0.05, 0.1) is 18.1 Å². The maximum atomic E-state index is 12.1. The third kappa shape index (κ3) is 2.60. The van der Waals surface area contributed by atoms with Crippen molar-refractivity contribution in [2.45, 2.75) is 15.0 Å². The molecule has 0 unspecified atom stereocenters. The zero-order valence-corrected chi connectivity index (χ0v) is 13.4. The number of aromatic nitrogens is 6. The third-order valence-corrected chi connectivity index (χ3v) is 4.70. The molecule has 0 fully saturated rings. The van der Waals surface area contributed by atoms with Crippen LogP contribution in [0.1, 0.15) is 11.4 Å². The molecule has 7 nitrogen and oxygen atoms in total. The second kappa shape index (κ2) is 5.31. The molecule has 0 atom stereocenters. The first kappa shape index (κ1) is 15.8. The summed E-state index contributed by atoms with van der Waals surface area (Å²) in [7, 11) is 0. The number of rotatable bonds is 1. The van der Waals surface area contributed by atoms with E-state index in [4.69, 9.17) is 58.0 Å². The van der Waals surface area contributed by atoms with E-state index in [1.165, 1.54) is 19.3 Å². The van der Waals surface area contributed by atoms with Crippen LogP contribution in [0.25, 0.3) is 0 Å². The van der Waals surface area contributed by atoms with Gasteiger partial charge in [-0.15, -0.1) is 10.2 Å². The summed E-state index contributed by atoms with van der Waals surface area (Å²) in [4.78, 5) is 12.1. The summed E-state index contributed by atoms with van der Waals surface area (Å²) in [6, 6.07) is -0.632. The van der Waals surface area contributed by atoms with Gasteiger partial charge in [0.2, 0.25) is 8.13 Å². The van der Waals surface area contributed by atoms with Gasteiger partial charge in [0, 0.05) is 0 Å². The van der Waals surface area contributed by atoms with E-state index in [-0.39, 0.29) is 11.4 Å². The minimum Gasteiger partial charge on any atom is -0.243 e. The smallest absolute Gasteiger partial charge is 0.243 e. The van der Waals surface area contributed by atoms with Crippen molar-refractivity contribution in [1.29, 1.82) is 0 Å². The number of hydrogen-bond donors (Lipinski definition) is 0. The molecule has 0 amide bonds. The zero-order chi connectivity index (χ0) is 15.1. The Kier molecular flexibility index (Phi) is 4.19. The Hall–Kier alpha value is -0.600. The fourth-order valence-electron chi connectivity index (χ4n) is 1.34. The molecule has 0 aliphatic carbocycles. The zero-order valence-electron chi connectivity index (χ0n) is 9.64. The van der Waals surface area contributed by atoms with E-state index < -0.39 is 14.2 Å². The molecule has 0 spiro atoms. The van der Waals surface area contributed by atoms with Crippen LogP contribution >= 0.6 is 58.0 Å². The van der Waals surface area contributed by atoms with Gasteiger partial charge in [-0.05, 0) is 6.92 Å². The standard InChI is InChI=1S/C8H5Cl5N6O/c1-4-5(7(9,10)8(11,12)13)15-17-19(4)6(20)18-3-2-14-16-18/h2-3H,1H3. The SMILES string of the molecule is Cc1c(C(Cl)(Cl)C(Cl)(Cl)Cl)nnn1C(=O)n1ccnn1. The minimum absolute atomic E-state index is 0.0469. The van der Waals surface area contributed by atoms with Gasteiger partial charge < -0.3 is 0 Å². The van der Waals surface area contributed by atoms with Gasteiger partial charge in [0.1, 0.15) is 5.69 Å². The van der Waals surface area contributed by atoms with E-state index in [9.17, 15) is 4.79 Å². The molecule has 0 saturated carbocycles. The molecule has 0 N–H and O–H groups in total. The summed E-state index contributed by atoms with van der Waals surface area (Å²) in [6.45, 7) is 1.50. The number of nitrogens with zero attached hydrogens (tertiary/aromatic N) is 6. The van der Waals surface area contributed by atoms with Crippen LogP contribution in [0.15, 0.2) is 12.4 Å². The van der Waals surface area contributed by atoms with Crippen LogP contribution in [-0.2, 0) is 4.33 Å². The Morgan fingerprint density at radius 2 is 1.85 bits per heavy atom. The molecule has 2 aromatic rings. The molecular weight excluding hydrogens is 373 g/mol. The van der Waals surface area contributed by atoms with Crippen LogP contribution < -0.4 is 0 Å². The molecule has 12 heteroatoms. The van der Waals surface area contributed by atoms with Crippen molar-refractivity contribution >= 4 is 64.0 Å². The summed E-state index contributed by atoms with van der Waals surface area (Å²) in [5.41, 5.74) is 0.163. The topological polar surface area (TPSA) is 78.5 Å². The van der Waals surface area contributed by atoms with E-state index >= 15 is 0 Å². The van der Waals surface area contributed by atoms with Crippen LogP contribution in [0.2, 0.25) is 0 Å². The Labute approximate surface area is 137 Å². The molecule has 2 rings (SSSR count). The van der Waals surface area contributed by atoms with E-state index in [0.717, 1.165) is 9.36 Å². The van der Waals surface area contributed by atoms with Crippen LogP contribution in [-0.4, -0.2) is 39.8 Å². The van der Waals surface area contributed by atoms with Crippen LogP contribution in [0, 0.1) is 6.92 Å². The first-order valence-electron chi connectivity index (χ1n) is 4.94. The first-order valence-corrected chi connectivity index (χ1v) is 6.83. The van der Waals surface area contributed by atoms with Gasteiger partial charge in [0.25, 0.3) is 0 Å². The summed E-state index contributed by atoms with van der Waals surface area (Å²) in [5.74, 6) is 0. The van der Waals surface area contributed by atoms with Gasteiger partial charge in [0.15, 0.2) is 0 Å². The molecule has 2 heterocycles. The highest BCUT2D eigenvalue weighted by molar-refractivity contribution is 6.75. The summed E-state index contributed by atoms with van der Waals surface area (Å²) in [6.07, 6.45) is 2.67. The molecule has 20 heavy (non-hydrogen) atoms. The minimum atomic E-state index is -2.06.